The Hall–Kier alpha value is -2.74. The molecule has 0 aliphatic carbocycles. The van der Waals surface area contributed by atoms with Gasteiger partial charge in [0.2, 0.25) is 9.84 Å². The van der Waals surface area contributed by atoms with Crippen molar-refractivity contribution in [1.29, 1.82) is 0 Å². The molecule has 0 spiro atoms. The minimum atomic E-state index is -3.68. The molecule has 0 radical (unpaired) electrons. The Kier molecular flexibility index (Phi) is 4.57. The van der Waals surface area contributed by atoms with Crippen LogP contribution >= 0.6 is 0 Å². The molecule has 0 aliphatic rings. The summed E-state index contributed by atoms with van der Waals surface area (Å²) >= 11 is 0. The lowest BCUT2D eigenvalue weighted by Crippen LogP contribution is -2.09. The molecule has 7 nitrogen and oxygen atoms in total. The van der Waals surface area contributed by atoms with Crippen LogP contribution in [0.25, 0.3) is 0 Å². The van der Waals surface area contributed by atoms with Crippen LogP contribution < -0.4 is 4.74 Å². The van der Waals surface area contributed by atoms with E-state index in [1.807, 2.05) is 30.3 Å². The third-order valence-electron chi connectivity index (χ3n) is 3.32. The smallest absolute Gasteiger partial charge is 0.288 e. The van der Waals surface area contributed by atoms with Gasteiger partial charge >= 0.3 is 0 Å². The van der Waals surface area contributed by atoms with Gasteiger partial charge in [-0.25, -0.2) is 8.42 Å². The minimum absolute atomic E-state index is 0.246. The van der Waals surface area contributed by atoms with Crippen molar-refractivity contribution < 1.29 is 13.2 Å². The first kappa shape index (κ1) is 16.1. The lowest BCUT2D eigenvalue weighted by Gasteiger charge is -2.11. The Bertz CT molecular complexity index is 923. The van der Waals surface area contributed by atoms with E-state index in [9.17, 15) is 8.42 Å². The Morgan fingerprint density at radius 1 is 1.04 bits per heavy atom. The van der Waals surface area contributed by atoms with E-state index in [0.29, 0.717) is 17.9 Å². The largest absolute Gasteiger partial charge is 0.489 e. The molecule has 0 fully saturated rings. The van der Waals surface area contributed by atoms with Crippen molar-refractivity contribution in [2.75, 3.05) is 0 Å². The number of rotatable bonds is 6. The van der Waals surface area contributed by atoms with Gasteiger partial charge in [0.05, 0.1) is 12.8 Å². The second-order valence-corrected chi connectivity index (χ2v) is 7.09. The van der Waals surface area contributed by atoms with E-state index in [-0.39, 0.29) is 10.9 Å². The molecule has 0 bridgehead atoms. The van der Waals surface area contributed by atoms with Crippen molar-refractivity contribution in [3.8, 4) is 5.75 Å². The van der Waals surface area contributed by atoms with E-state index in [2.05, 4.69) is 15.4 Å². The quantitative estimate of drug-likeness (QED) is 0.677. The average molecular weight is 344 g/mol. The van der Waals surface area contributed by atoms with Gasteiger partial charge in [-0.1, -0.05) is 53.6 Å². The Balaban J connectivity index is 1.79. The van der Waals surface area contributed by atoms with Crippen LogP contribution in [0.15, 0.2) is 59.8 Å². The lowest BCUT2D eigenvalue weighted by atomic mass is 10.2. The summed E-state index contributed by atoms with van der Waals surface area (Å²) in [7, 11) is -2.17. The van der Waals surface area contributed by atoms with E-state index < -0.39 is 9.84 Å². The number of para-hydroxylation sites is 1. The molecular formula is C16H16N4O3S. The molecule has 0 atom stereocenters. The van der Waals surface area contributed by atoms with Crippen LogP contribution in [-0.4, -0.2) is 28.6 Å². The molecule has 24 heavy (non-hydrogen) atoms. The number of benzene rings is 2. The molecule has 0 aliphatic heterocycles. The maximum absolute atomic E-state index is 12.4. The van der Waals surface area contributed by atoms with E-state index in [0.717, 1.165) is 10.4 Å². The third-order valence-corrected chi connectivity index (χ3v) is 4.73. The third kappa shape index (κ3) is 3.77. The van der Waals surface area contributed by atoms with Crippen molar-refractivity contribution in [3.05, 3.63) is 65.7 Å². The van der Waals surface area contributed by atoms with E-state index in [4.69, 9.17) is 4.74 Å². The molecule has 0 amide bonds. The SMILES string of the molecule is Cn1nnc(S(=O)(=O)Cc2ccccc2OCc2ccccc2)n1. The molecule has 0 unspecified atom stereocenters. The fourth-order valence-corrected chi connectivity index (χ4v) is 3.34. The molecule has 0 N–H and O–H groups in total. The predicted octanol–water partition coefficient (Wildman–Crippen LogP) is 1.76. The zero-order valence-corrected chi connectivity index (χ0v) is 13.8. The van der Waals surface area contributed by atoms with E-state index in [1.165, 1.54) is 7.05 Å². The van der Waals surface area contributed by atoms with Gasteiger partial charge < -0.3 is 4.74 Å². The second-order valence-electron chi connectivity index (χ2n) is 5.20. The van der Waals surface area contributed by atoms with Crippen LogP contribution in [0.3, 0.4) is 0 Å². The summed E-state index contributed by atoms with van der Waals surface area (Å²) in [6, 6.07) is 16.7. The highest BCUT2D eigenvalue weighted by Crippen LogP contribution is 2.23. The van der Waals surface area contributed by atoms with Gasteiger partial charge in [0.15, 0.2) is 0 Å². The zero-order chi connectivity index (χ0) is 17.0. The molecule has 3 rings (SSSR count). The van der Waals surface area contributed by atoms with Gasteiger partial charge in [0, 0.05) is 5.56 Å². The average Bonchev–Trinajstić information content (AvgIpc) is 3.02. The second kappa shape index (κ2) is 6.79. The van der Waals surface area contributed by atoms with Crippen LogP contribution in [-0.2, 0) is 29.2 Å². The molecule has 2 aromatic carbocycles. The van der Waals surface area contributed by atoms with Crippen LogP contribution in [0.5, 0.6) is 5.75 Å². The number of tetrazole rings is 1. The summed E-state index contributed by atoms with van der Waals surface area (Å²) in [6.07, 6.45) is 0. The van der Waals surface area contributed by atoms with Crippen molar-refractivity contribution in [2.45, 2.75) is 17.5 Å². The topological polar surface area (TPSA) is 87.0 Å². The molecule has 0 saturated heterocycles. The maximum atomic E-state index is 12.4. The Morgan fingerprint density at radius 3 is 2.46 bits per heavy atom. The maximum Gasteiger partial charge on any atom is 0.288 e. The number of sulfone groups is 1. The van der Waals surface area contributed by atoms with E-state index >= 15 is 0 Å². The van der Waals surface area contributed by atoms with Crippen LogP contribution in [0.4, 0.5) is 0 Å². The van der Waals surface area contributed by atoms with Crippen molar-refractivity contribution >= 4 is 9.84 Å². The number of ether oxygens (including phenoxy) is 1. The molecule has 1 aromatic heterocycles. The predicted molar refractivity (Wildman–Crippen MR) is 86.9 cm³/mol. The summed E-state index contributed by atoms with van der Waals surface area (Å²) in [5, 5.41) is 10.6. The summed E-state index contributed by atoms with van der Waals surface area (Å²) < 4.78 is 30.6. The molecule has 0 saturated carbocycles. The number of hydrogen-bond donors (Lipinski definition) is 0. The van der Waals surface area contributed by atoms with Crippen LogP contribution in [0.2, 0.25) is 0 Å². The number of aromatic nitrogens is 4. The number of hydrogen-bond acceptors (Lipinski definition) is 6. The first-order valence-electron chi connectivity index (χ1n) is 7.26. The molecule has 3 aromatic rings. The van der Waals surface area contributed by atoms with Crippen molar-refractivity contribution in [2.24, 2.45) is 7.05 Å². The normalized spacial score (nSPS) is 11.4. The zero-order valence-electron chi connectivity index (χ0n) is 13.0. The van der Waals surface area contributed by atoms with Gasteiger partial charge in [-0.05, 0) is 16.8 Å². The highest BCUT2D eigenvalue weighted by molar-refractivity contribution is 7.90. The van der Waals surface area contributed by atoms with Gasteiger partial charge in [-0.2, -0.15) is 4.80 Å². The first-order chi connectivity index (χ1) is 11.5. The standard InChI is InChI=1S/C16H16N4O3S/c1-20-18-16(17-19-20)24(21,22)12-14-9-5-6-10-15(14)23-11-13-7-3-2-4-8-13/h2-10H,11-12H2,1H3. The Morgan fingerprint density at radius 2 is 1.75 bits per heavy atom. The minimum Gasteiger partial charge on any atom is -0.489 e. The van der Waals surface area contributed by atoms with Crippen molar-refractivity contribution in [1.82, 2.24) is 20.2 Å². The molecular weight excluding hydrogens is 328 g/mol. The van der Waals surface area contributed by atoms with Gasteiger partial charge in [-0.3, -0.25) is 0 Å². The van der Waals surface area contributed by atoms with Crippen LogP contribution in [0.1, 0.15) is 11.1 Å². The summed E-state index contributed by atoms with van der Waals surface area (Å²) in [6.45, 7) is 0.362. The van der Waals surface area contributed by atoms with Crippen molar-refractivity contribution in [3.63, 3.8) is 0 Å². The summed E-state index contributed by atoms with van der Waals surface area (Å²) in [4.78, 5) is 1.12. The van der Waals surface area contributed by atoms with E-state index in [1.54, 1.807) is 24.3 Å². The van der Waals surface area contributed by atoms with Gasteiger partial charge in [0.1, 0.15) is 12.4 Å². The highest BCUT2D eigenvalue weighted by Gasteiger charge is 2.22. The monoisotopic (exact) mass is 344 g/mol. The molecule has 124 valence electrons. The highest BCUT2D eigenvalue weighted by atomic mass is 32.2. The first-order valence-corrected chi connectivity index (χ1v) is 8.91. The van der Waals surface area contributed by atoms with Crippen LogP contribution in [0, 0.1) is 0 Å². The number of aryl methyl sites for hydroxylation is 1. The summed E-state index contributed by atoms with van der Waals surface area (Å²) in [5.41, 5.74) is 1.56. The molecule has 1 heterocycles. The van der Waals surface area contributed by atoms with Gasteiger partial charge in [0.25, 0.3) is 5.16 Å². The fourth-order valence-electron chi connectivity index (χ4n) is 2.16. The fraction of sp³-hybridized carbons (Fsp3) is 0.188. The summed E-state index contributed by atoms with van der Waals surface area (Å²) in [5.74, 6) is 0.276. The lowest BCUT2D eigenvalue weighted by molar-refractivity contribution is 0.303. The number of nitrogens with zero attached hydrogens (tertiary/aromatic N) is 4. The van der Waals surface area contributed by atoms with Gasteiger partial charge in [-0.15, -0.1) is 5.10 Å². The Labute approximate surface area is 139 Å². The molecule has 8 heteroatoms.